The van der Waals surface area contributed by atoms with Crippen LogP contribution in [0.25, 0.3) is 0 Å². The minimum Gasteiger partial charge on any atom is -0.396 e. The van der Waals surface area contributed by atoms with Crippen molar-refractivity contribution in [3.63, 3.8) is 0 Å². The molecule has 0 amide bonds. The minimum absolute atomic E-state index is 0.263. The highest BCUT2D eigenvalue weighted by molar-refractivity contribution is 5.49. The molecule has 2 N–H and O–H groups in total. The zero-order valence-electron chi connectivity index (χ0n) is 9.77. The molecule has 1 aromatic rings. The lowest BCUT2D eigenvalue weighted by atomic mass is 10.1. The molecular formula is C11H18N4O. The van der Waals surface area contributed by atoms with Gasteiger partial charge in [0.1, 0.15) is 5.82 Å². The second-order valence-electron chi connectivity index (χ2n) is 4.23. The van der Waals surface area contributed by atoms with Crippen molar-refractivity contribution < 1.29 is 5.11 Å². The Balaban J connectivity index is 2.20. The van der Waals surface area contributed by atoms with Crippen molar-refractivity contribution in [2.75, 3.05) is 37.0 Å². The van der Waals surface area contributed by atoms with Crippen molar-refractivity contribution in [3.8, 4) is 0 Å². The number of rotatable bonds is 3. The van der Waals surface area contributed by atoms with Crippen LogP contribution in [-0.4, -0.2) is 41.8 Å². The zero-order chi connectivity index (χ0) is 11.5. The summed E-state index contributed by atoms with van der Waals surface area (Å²) in [6, 6.07) is 0. The first kappa shape index (κ1) is 11.1. The highest BCUT2D eigenvalue weighted by atomic mass is 16.3. The van der Waals surface area contributed by atoms with Crippen molar-refractivity contribution in [1.82, 2.24) is 9.97 Å². The number of anilines is 2. The summed E-state index contributed by atoms with van der Waals surface area (Å²) in [5.41, 5.74) is 1.08. The fourth-order valence-corrected chi connectivity index (χ4v) is 2.05. The summed E-state index contributed by atoms with van der Waals surface area (Å²) in [6.45, 7) is 4.13. The molecule has 0 aromatic carbocycles. The molecule has 1 aliphatic rings. The zero-order valence-corrected chi connectivity index (χ0v) is 9.77. The third-order valence-electron chi connectivity index (χ3n) is 3.01. The van der Waals surface area contributed by atoms with Crippen molar-refractivity contribution >= 4 is 11.8 Å². The summed E-state index contributed by atoms with van der Waals surface area (Å²) in [4.78, 5) is 10.9. The molecule has 1 fully saturated rings. The third kappa shape index (κ3) is 2.09. The predicted molar refractivity (Wildman–Crippen MR) is 63.7 cm³/mol. The summed E-state index contributed by atoms with van der Waals surface area (Å²) < 4.78 is 0. The quantitative estimate of drug-likeness (QED) is 0.786. The minimum atomic E-state index is 0.263. The Morgan fingerprint density at radius 1 is 1.62 bits per heavy atom. The van der Waals surface area contributed by atoms with Crippen molar-refractivity contribution in [2.45, 2.75) is 13.3 Å². The van der Waals surface area contributed by atoms with Gasteiger partial charge in [0.05, 0.1) is 0 Å². The van der Waals surface area contributed by atoms with Crippen LogP contribution in [0, 0.1) is 12.8 Å². The first-order valence-corrected chi connectivity index (χ1v) is 5.61. The standard InChI is InChI=1S/C11H18N4O/c1-8-5-13-11(12-2)14-10(8)15-4-3-9(6-15)7-16/h5,9,16H,3-4,6-7H2,1-2H3,(H,12,13,14). The van der Waals surface area contributed by atoms with Gasteiger partial charge >= 0.3 is 0 Å². The SMILES string of the molecule is CNc1ncc(C)c(N2CCC(CO)C2)n1. The Morgan fingerprint density at radius 3 is 3.06 bits per heavy atom. The second kappa shape index (κ2) is 4.65. The summed E-state index contributed by atoms with van der Waals surface area (Å²) in [5.74, 6) is 2.01. The van der Waals surface area contributed by atoms with E-state index in [0.29, 0.717) is 11.9 Å². The van der Waals surface area contributed by atoms with Gasteiger partial charge in [0.2, 0.25) is 5.95 Å². The molecule has 1 saturated heterocycles. The van der Waals surface area contributed by atoms with Crippen LogP contribution in [0.2, 0.25) is 0 Å². The fraction of sp³-hybridized carbons (Fsp3) is 0.636. The van der Waals surface area contributed by atoms with Gasteiger partial charge in [0.15, 0.2) is 0 Å². The van der Waals surface area contributed by atoms with Crippen LogP contribution in [0.1, 0.15) is 12.0 Å². The van der Waals surface area contributed by atoms with Crippen molar-refractivity contribution in [1.29, 1.82) is 0 Å². The third-order valence-corrected chi connectivity index (χ3v) is 3.01. The maximum absolute atomic E-state index is 9.13. The Kier molecular flexibility index (Phi) is 3.24. The topological polar surface area (TPSA) is 61.3 Å². The number of hydrogen-bond acceptors (Lipinski definition) is 5. The van der Waals surface area contributed by atoms with Gasteiger partial charge in [-0.05, 0) is 13.3 Å². The molecule has 0 radical (unpaired) electrons. The monoisotopic (exact) mass is 222 g/mol. The Labute approximate surface area is 95.5 Å². The fourth-order valence-electron chi connectivity index (χ4n) is 2.05. The molecule has 88 valence electrons. The molecule has 1 unspecified atom stereocenters. The summed E-state index contributed by atoms with van der Waals surface area (Å²) in [6.07, 6.45) is 2.87. The van der Waals surface area contributed by atoms with Crippen LogP contribution in [0.3, 0.4) is 0 Å². The van der Waals surface area contributed by atoms with E-state index in [1.165, 1.54) is 0 Å². The molecule has 0 bridgehead atoms. The van der Waals surface area contributed by atoms with Crippen LogP contribution in [0.15, 0.2) is 6.20 Å². The van der Waals surface area contributed by atoms with Gasteiger partial charge in [-0.2, -0.15) is 4.98 Å². The Bertz CT molecular complexity index is 369. The van der Waals surface area contributed by atoms with E-state index < -0.39 is 0 Å². The molecule has 0 saturated carbocycles. The van der Waals surface area contributed by atoms with Gasteiger partial charge in [-0.15, -0.1) is 0 Å². The largest absolute Gasteiger partial charge is 0.396 e. The number of nitrogens with zero attached hydrogens (tertiary/aromatic N) is 3. The summed E-state index contributed by atoms with van der Waals surface area (Å²) in [5, 5.41) is 12.1. The van der Waals surface area contributed by atoms with Crippen LogP contribution < -0.4 is 10.2 Å². The molecule has 2 rings (SSSR count). The predicted octanol–water partition coefficient (Wildman–Crippen LogP) is 0.645. The number of aliphatic hydroxyl groups excluding tert-OH is 1. The van der Waals surface area contributed by atoms with Crippen molar-refractivity contribution in [3.05, 3.63) is 11.8 Å². The molecule has 5 heteroatoms. The van der Waals surface area contributed by atoms with Crippen LogP contribution >= 0.6 is 0 Å². The van der Waals surface area contributed by atoms with E-state index in [1.807, 2.05) is 20.2 Å². The van der Waals surface area contributed by atoms with Crippen LogP contribution in [0.4, 0.5) is 11.8 Å². The maximum Gasteiger partial charge on any atom is 0.224 e. The molecule has 16 heavy (non-hydrogen) atoms. The molecule has 1 aromatic heterocycles. The van der Waals surface area contributed by atoms with E-state index >= 15 is 0 Å². The molecule has 1 atom stereocenters. The van der Waals surface area contributed by atoms with E-state index in [2.05, 4.69) is 20.2 Å². The highest BCUT2D eigenvalue weighted by Crippen LogP contribution is 2.25. The smallest absolute Gasteiger partial charge is 0.224 e. The van der Waals surface area contributed by atoms with Gasteiger partial charge < -0.3 is 15.3 Å². The summed E-state index contributed by atoms with van der Waals surface area (Å²) >= 11 is 0. The Morgan fingerprint density at radius 2 is 2.44 bits per heavy atom. The lowest BCUT2D eigenvalue weighted by Crippen LogP contribution is -2.23. The number of aromatic nitrogens is 2. The first-order chi connectivity index (χ1) is 7.74. The van der Waals surface area contributed by atoms with Gasteiger partial charge in [0.25, 0.3) is 0 Å². The van der Waals surface area contributed by atoms with Crippen molar-refractivity contribution in [2.24, 2.45) is 5.92 Å². The average Bonchev–Trinajstić information content (AvgIpc) is 2.78. The Hall–Kier alpha value is -1.36. The maximum atomic E-state index is 9.13. The van der Waals surface area contributed by atoms with E-state index in [4.69, 9.17) is 5.11 Å². The highest BCUT2D eigenvalue weighted by Gasteiger charge is 2.24. The summed E-state index contributed by atoms with van der Waals surface area (Å²) in [7, 11) is 1.81. The van der Waals surface area contributed by atoms with Crippen LogP contribution in [-0.2, 0) is 0 Å². The number of aliphatic hydroxyl groups is 1. The first-order valence-electron chi connectivity index (χ1n) is 5.61. The number of aryl methyl sites for hydroxylation is 1. The average molecular weight is 222 g/mol. The molecule has 0 spiro atoms. The van der Waals surface area contributed by atoms with Crippen LogP contribution in [0.5, 0.6) is 0 Å². The normalized spacial score (nSPS) is 20.2. The lowest BCUT2D eigenvalue weighted by molar-refractivity contribution is 0.238. The molecule has 5 nitrogen and oxygen atoms in total. The molecular weight excluding hydrogens is 204 g/mol. The van der Waals surface area contributed by atoms with Gasteiger partial charge in [-0.1, -0.05) is 0 Å². The number of hydrogen-bond donors (Lipinski definition) is 2. The van der Waals surface area contributed by atoms with Gasteiger partial charge in [-0.3, -0.25) is 0 Å². The van der Waals surface area contributed by atoms with Gasteiger partial charge in [0, 0.05) is 44.4 Å². The number of nitrogens with one attached hydrogen (secondary N) is 1. The second-order valence-corrected chi connectivity index (χ2v) is 4.23. The van der Waals surface area contributed by atoms with E-state index in [0.717, 1.165) is 30.9 Å². The molecule has 2 heterocycles. The van der Waals surface area contributed by atoms with E-state index in [1.54, 1.807) is 0 Å². The van der Waals surface area contributed by atoms with Gasteiger partial charge in [-0.25, -0.2) is 4.98 Å². The molecule has 1 aliphatic heterocycles. The van der Waals surface area contributed by atoms with E-state index in [9.17, 15) is 0 Å². The lowest BCUT2D eigenvalue weighted by Gasteiger charge is -2.19. The molecule has 0 aliphatic carbocycles. The van der Waals surface area contributed by atoms with E-state index in [-0.39, 0.29) is 6.61 Å².